The van der Waals surface area contributed by atoms with Gasteiger partial charge in [0.25, 0.3) is 5.91 Å². The van der Waals surface area contributed by atoms with Gasteiger partial charge in [-0.3, -0.25) is 4.79 Å². The third-order valence-electron chi connectivity index (χ3n) is 2.86. The Morgan fingerprint density at radius 2 is 1.70 bits per heavy atom. The minimum atomic E-state index is -0.299. The first-order chi connectivity index (χ1) is 9.70. The van der Waals surface area contributed by atoms with Crippen LogP contribution in [0.3, 0.4) is 0 Å². The summed E-state index contributed by atoms with van der Waals surface area (Å²) in [4.78, 5) is 11.9. The summed E-state index contributed by atoms with van der Waals surface area (Å²) in [5, 5.41) is 13.3. The molecule has 20 heavy (non-hydrogen) atoms. The van der Waals surface area contributed by atoms with Gasteiger partial charge in [-0.2, -0.15) is 5.10 Å². The Labute approximate surface area is 117 Å². The van der Waals surface area contributed by atoms with E-state index in [0.717, 1.165) is 17.7 Å². The van der Waals surface area contributed by atoms with Crippen molar-refractivity contribution in [3.63, 3.8) is 0 Å². The van der Waals surface area contributed by atoms with Crippen LogP contribution in [-0.2, 0) is 0 Å². The van der Waals surface area contributed by atoms with Crippen LogP contribution in [0.15, 0.2) is 59.7 Å². The molecule has 0 fully saturated rings. The van der Waals surface area contributed by atoms with Gasteiger partial charge in [-0.15, -0.1) is 0 Å². The Bertz CT molecular complexity index is 604. The van der Waals surface area contributed by atoms with Crippen LogP contribution in [0.1, 0.15) is 29.3 Å². The first kappa shape index (κ1) is 13.8. The number of benzene rings is 2. The molecule has 0 bridgehead atoms. The van der Waals surface area contributed by atoms with Gasteiger partial charge < -0.3 is 5.11 Å². The van der Waals surface area contributed by atoms with Gasteiger partial charge in [-0.25, -0.2) is 5.43 Å². The van der Waals surface area contributed by atoms with Crippen LogP contribution in [0.2, 0.25) is 0 Å². The molecule has 2 aromatic rings. The van der Waals surface area contributed by atoms with Crippen molar-refractivity contribution in [3.8, 4) is 5.75 Å². The average Bonchev–Trinajstić information content (AvgIpc) is 2.49. The minimum absolute atomic E-state index is 0.128. The van der Waals surface area contributed by atoms with Gasteiger partial charge in [0.15, 0.2) is 0 Å². The Morgan fingerprint density at radius 3 is 2.30 bits per heavy atom. The van der Waals surface area contributed by atoms with E-state index in [4.69, 9.17) is 0 Å². The zero-order valence-electron chi connectivity index (χ0n) is 11.2. The molecule has 0 saturated heterocycles. The summed E-state index contributed by atoms with van der Waals surface area (Å²) in [6.07, 6.45) is 0.722. The molecule has 0 radical (unpaired) electrons. The maximum Gasteiger partial charge on any atom is 0.271 e. The zero-order valence-corrected chi connectivity index (χ0v) is 11.2. The van der Waals surface area contributed by atoms with Crippen LogP contribution in [0.4, 0.5) is 0 Å². The largest absolute Gasteiger partial charge is 0.508 e. The second-order valence-electron chi connectivity index (χ2n) is 4.27. The summed E-state index contributed by atoms with van der Waals surface area (Å²) < 4.78 is 0. The standard InChI is InChI=1S/C16H16N2O2/c1-2-15(12-6-4-3-5-7-12)17-18-16(20)13-8-10-14(19)11-9-13/h3-11,19H,2H2,1H3,(H,18,20)/b17-15+. The molecule has 2 rings (SSSR count). The third-order valence-corrected chi connectivity index (χ3v) is 2.86. The highest BCUT2D eigenvalue weighted by molar-refractivity contribution is 6.02. The number of amides is 1. The lowest BCUT2D eigenvalue weighted by Crippen LogP contribution is -2.19. The highest BCUT2D eigenvalue weighted by atomic mass is 16.3. The zero-order chi connectivity index (χ0) is 14.4. The fraction of sp³-hybridized carbons (Fsp3) is 0.125. The van der Waals surface area contributed by atoms with E-state index in [1.165, 1.54) is 12.1 Å². The summed E-state index contributed by atoms with van der Waals surface area (Å²) >= 11 is 0. The molecular weight excluding hydrogens is 252 g/mol. The average molecular weight is 268 g/mol. The van der Waals surface area contributed by atoms with E-state index in [9.17, 15) is 9.90 Å². The summed E-state index contributed by atoms with van der Waals surface area (Å²) in [5.74, 6) is -0.171. The molecule has 0 saturated carbocycles. The van der Waals surface area contributed by atoms with E-state index in [2.05, 4.69) is 10.5 Å². The van der Waals surface area contributed by atoms with Gasteiger partial charge in [-0.1, -0.05) is 37.3 Å². The molecule has 0 heterocycles. The molecule has 0 aromatic heterocycles. The van der Waals surface area contributed by atoms with Gasteiger partial charge in [0, 0.05) is 5.56 Å². The number of hydrogen-bond donors (Lipinski definition) is 2. The number of hydrogen-bond acceptors (Lipinski definition) is 3. The molecule has 4 heteroatoms. The highest BCUT2D eigenvalue weighted by Gasteiger charge is 2.05. The first-order valence-corrected chi connectivity index (χ1v) is 6.42. The van der Waals surface area contributed by atoms with Crippen LogP contribution >= 0.6 is 0 Å². The van der Waals surface area contributed by atoms with Crippen LogP contribution in [0, 0.1) is 0 Å². The summed E-state index contributed by atoms with van der Waals surface area (Å²) in [6, 6.07) is 15.7. The van der Waals surface area contributed by atoms with Gasteiger partial charge in [0.2, 0.25) is 0 Å². The maximum absolute atomic E-state index is 11.9. The van der Waals surface area contributed by atoms with Gasteiger partial charge in [0.1, 0.15) is 5.75 Å². The topological polar surface area (TPSA) is 61.7 Å². The second kappa shape index (κ2) is 6.52. The van der Waals surface area contributed by atoms with E-state index in [-0.39, 0.29) is 11.7 Å². The summed E-state index contributed by atoms with van der Waals surface area (Å²) in [6.45, 7) is 1.98. The third kappa shape index (κ3) is 3.45. The molecule has 0 aliphatic rings. The number of rotatable bonds is 4. The lowest BCUT2D eigenvalue weighted by Gasteiger charge is -2.05. The Balaban J connectivity index is 2.11. The van der Waals surface area contributed by atoms with Crippen molar-refractivity contribution in [1.29, 1.82) is 0 Å². The second-order valence-corrected chi connectivity index (χ2v) is 4.27. The molecular formula is C16H16N2O2. The fourth-order valence-corrected chi connectivity index (χ4v) is 1.77. The normalized spacial score (nSPS) is 11.2. The molecule has 2 aromatic carbocycles. The van der Waals surface area contributed by atoms with E-state index in [1.54, 1.807) is 12.1 Å². The molecule has 0 aliphatic carbocycles. The number of nitrogens with zero attached hydrogens (tertiary/aromatic N) is 1. The predicted molar refractivity (Wildman–Crippen MR) is 78.8 cm³/mol. The summed E-state index contributed by atoms with van der Waals surface area (Å²) in [7, 11) is 0. The highest BCUT2D eigenvalue weighted by Crippen LogP contribution is 2.09. The number of aromatic hydroxyl groups is 1. The fourth-order valence-electron chi connectivity index (χ4n) is 1.77. The Morgan fingerprint density at radius 1 is 1.05 bits per heavy atom. The van der Waals surface area contributed by atoms with Crippen molar-refractivity contribution in [2.45, 2.75) is 13.3 Å². The van der Waals surface area contributed by atoms with Crippen molar-refractivity contribution in [2.75, 3.05) is 0 Å². The van der Waals surface area contributed by atoms with Crippen LogP contribution in [0.5, 0.6) is 5.75 Å². The van der Waals surface area contributed by atoms with E-state index in [0.29, 0.717) is 5.56 Å². The quantitative estimate of drug-likeness (QED) is 0.661. The Kier molecular flexibility index (Phi) is 4.50. The molecule has 1 amide bonds. The van der Waals surface area contributed by atoms with Crippen molar-refractivity contribution in [3.05, 3.63) is 65.7 Å². The number of carbonyl (C=O) groups is 1. The predicted octanol–water partition coefficient (Wildman–Crippen LogP) is 2.94. The van der Waals surface area contributed by atoms with Crippen LogP contribution in [0.25, 0.3) is 0 Å². The van der Waals surface area contributed by atoms with E-state index >= 15 is 0 Å². The van der Waals surface area contributed by atoms with Crippen molar-refractivity contribution >= 4 is 11.6 Å². The number of carbonyl (C=O) groups excluding carboxylic acids is 1. The maximum atomic E-state index is 11.9. The first-order valence-electron chi connectivity index (χ1n) is 6.42. The molecule has 0 unspecified atom stereocenters. The number of nitrogens with one attached hydrogen (secondary N) is 1. The number of phenolic OH excluding ortho intramolecular Hbond substituents is 1. The molecule has 0 atom stereocenters. The molecule has 2 N–H and O–H groups in total. The van der Waals surface area contributed by atoms with E-state index in [1.807, 2.05) is 37.3 Å². The van der Waals surface area contributed by atoms with Crippen molar-refractivity contribution in [1.82, 2.24) is 5.43 Å². The lowest BCUT2D eigenvalue weighted by molar-refractivity contribution is 0.0955. The SMILES string of the molecule is CC/C(=N\NC(=O)c1ccc(O)cc1)c1ccccc1. The van der Waals surface area contributed by atoms with E-state index < -0.39 is 0 Å². The van der Waals surface area contributed by atoms with Gasteiger partial charge >= 0.3 is 0 Å². The van der Waals surface area contributed by atoms with Crippen molar-refractivity contribution in [2.24, 2.45) is 5.10 Å². The minimum Gasteiger partial charge on any atom is -0.508 e. The molecule has 0 spiro atoms. The number of hydrazone groups is 1. The van der Waals surface area contributed by atoms with Gasteiger partial charge in [0.05, 0.1) is 5.71 Å². The number of phenols is 1. The lowest BCUT2D eigenvalue weighted by atomic mass is 10.1. The smallest absolute Gasteiger partial charge is 0.271 e. The molecule has 0 aliphatic heterocycles. The monoisotopic (exact) mass is 268 g/mol. The van der Waals surface area contributed by atoms with Crippen LogP contribution < -0.4 is 5.43 Å². The van der Waals surface area contributed by atoms with Crippen LogP contribution in [-0.4, -0.2) is 16.7 Å². The van der Waals surface area contributed by atoms with Gasteiger partial charge in [-0.05, 0) is 36.2 Å². The molecule has 4 nitrogen and oxygen atoms in total. The van der Waals surface area contributed by atoms with Crippen molar-refractivity contribution < 1.29 is 9.90 Å². The Hall–Kier alpha value is -2.62. The molecule has 102 valence electrons. The summed E-state index contributed by atoms with van der Waals surface area (Å²) in [5.41, 5.74) is 4.79.